The van der Waals surface area contributed by atoms with Crippen molar-refractivity contribution < 1.29 is 9.18 Å². The first-order chi connectivity index (χ1) is 13.7. The molecule has 1 aliphatic rings. The molecule has 1 fully saturated rings. The van der Waals surface area contributed by atoms with E-state index < -0.39 is 0 Å². The lowest BCUT2D eigenvalue weighted by Crippen LogP contribution is -2.48. The number of carbonyl (C=O) groups is 1. The number of hydrogen-bond acceptors (Lipinski definition) is 2. The molecular weight excluding hydrogens is 351 g/mol. The minimum Gasteiger partial charge on any atom is -0.336 e. The van der Waals surface area contributed by atoms with Crippen LogP contribution in [0, 0.1) is 5.82 Å². The molecule has 0 bridgehead atoms. The summed E-state index contributed by atoms with van der Waals surface area (Å²) in [6.07, 6.45) is 0. The minimum atomic E-state index is -0.167. The Labute approximate surface area is 165 Å². The first-order valence-corrected chi connectivity index (χ1v) is 9.61. The Balaban J connectivity index is 1.35. The van der Waals surface area contributed by atoms with Crippen molar-refractivity contribution in [2.75, 3.05) is 26.2 Å². The van der Waals surface area contributed by atoms with Crippen molar-refractivity contribution in [3.8, 4) is 11.1 Å². The van der Waals surface area contributed by atoms with Gasteiger partial charge in [0.05, 0.1) is 0 Å². The molecular formula is C24H23FN2O. The van der Waals surface area contributed by atoms with Crippen LogP contribution in [0.1, 0.15) is 15.9 Å². The standard InChI is InChI=1S/C24H23FN2O/c25-23-9-5-4-8-22(23)18-26-14-16-27(17-15-26)24(28)21-12-10-20(11-13-21)19-6-2-1-3-7-19/h1-13H,14-18H2. The summed E-state index contributed by atoms with van der Waals surface area (Å²) < 4.78 is 13.8. The molecule has 1 aliphatic heterocycles. The van der Waals surface area contributed by atoms with Crippen LogP contribution in [0.3, 0.4) is 0 Å². The van der Waals surface area contributed by atoms with Crippen LogP contribution in [0.15, 0.2) is 78.9 Å². The van der Waals surface area contributed by atoms with E-state index in [9.17, 15) is 9.18 Å². The number of nitrogens with zero attached hydrogens (tertiary/aromatic N) is 2. The highest BCUT2D eigenvalue weighted by atomic mass is 19.1. The molecule has 142 valence electrons. The van der Waals surface area contributed by atoms with Gasteiger partial charge in [-0.05, 0) is 29.3 Å². The molecule has 1 amide bonds. The molecule has 0 spiro atoms. The van der Waals surface area contributed by atoms with E-state index in [2.05, 4.69) is 17.0 Å². The summed E-state index contributed by atoms with van der Waals surface area (Å²) in [5, 5.41) is 0. The SMILES string of the molecule is O=C(c1ccc(-c2ccccc2)cc1)N1CCN(Cc2ccccc2F)CC1. The predicted molar refractivity (Wildman–Crippen MR) is 109 cm³/mol. The monoisotopic (exact) mass is 374 g/mol. The summed E-state index contributed by atoms with van der Waals surface area (Å²) in [6, 6.07) is 24.8. The number of amides is 1. The van der Waals surface area contributed by atoms with E-state index in [0.29, 0.717) is 30.8 Å². The average molecular weight is 374 g/mol. The number of hydrogen-bond donors (Lipinski definition) is 0. The van der Waals surface area contributed by atoms with Gasteiger partial charge in [-0.15, -0.1) is 0 Å². The second-order valence-electron chi connectivity index (χ2n) is 7.10. The van der Waals surface area contributed by atoms with Crippen molar-refractivity contribution in [3.05, 3.63) is 95.8 Å². The third-order valence-electron chi connectivity index (χ3n) is 5.25. The van der Waals surface area contributed by atoms with Gasteiger partial charge in [0.2, 0.25) is 0 Å². The van der Waals surface area contributed by atoms with Gasteiger partial charge in [0.25, 0.3) is 5.91 Å². The maximum atomic E-state index is 13.8. The highest BCUT2D eigenvalue weighted by Crippen LogP contribution is 2.20. The predicted octanol–water partition coefficient (Wildman–Crippen LogP) is 4.45. The van der Waals surface area contributed by atoms with Gasteiger partial charge in [-0.3, -0.25) is 9.69 Å². The van der Waals surface area contributed by atoms with Crippen LogP contribution in [0.4, 0.5) is 4.39 Å². The van der Waals surface area contributed by atoms with E-state index in [1.807, 2.05) is 59.5 Å². The zero-order valence-corrected chi connectivity index (χ0v) is 15.7. The van der Waals surface area contributed by atoms with Crippen molar-refractivity contribution in [3.63, 3.8) is 0 Å². The normalized spacial score (nSPS) is 14.8. The van der Waals surface area contributed by atoms with E-state index in [4.69, 9.17) is 0 Å². The quantitative estimate of drug-likeness (QED) is 0.674. The molecule has 0 N–H and O–H groups in total. The Hall–Kier alpha value is -2.98. The van der Waals surface area contributed by atoms with Crippen molar-refractivity contribution >= 4 is 5.91 Å². The fraction of sp³-hybridized carbons (Fsp3) is 0.208. The molecule has 0 saturated carbocycles. The lowest BCUT2D eigenvalue weighted by molar-refractivity contribution is 0.0627. The molecule has 28 heavy (non-hydrogen) atoms. The fourth-order valence-electron chi connectivity index (χ4n) is 3.60. The van der Waals surface area contributed by atoms with E-state index in [1.165, 1.54) is 6.07 Å². The van der Waals surface area contributed by atoms with Crippen LogP contribution in [-0.2, 0) is 6.54 Å². The van der Waals surface area contributed by atoms with E-state index in [1.54, 1.807) is 6.07 Å². The van der Waals surface area contributed by atoms with Gasteiger partial charge in [-0.25, -0.2) is 4.39 Å². The molecule has 0 aliphatic carbocycles. The molecule has 3 aromatic carbocycles. The number of carbonyl (C=O) groups excluding carboxylic acids is 1. The third kappa shape index (κ3) is 4.12. The number of rotatable bonds is 4. The molecule has 4 heteroatoms. The van der Waals surface area contributed by atoms with Crippen LogP contribution in [0.25, 0.3) is 11.1 Å². The number of piperazine rings is 1. The Morgan fingerprint density at radius 3 is 2.04 bits per heavy atom. The van der Waals surface area contributed by atoms with Gasteiger partial charge in [-0.1, -0.05) is 60.7 Å². The second kappa shape index (κ2) is 8.36. The highest BCUT2D eigenvalue weighted by molar-refractivity contribution is 5.94. The Morgan fingerprint density at radius 2 is 1.36 bits per heavy atom. The molecule has 0 atom stereocenters. The lowest BCUT2D eigenvalue weighted by Gasteiger charge is -2.34. The van der Waals surface area contributed by atoms with Crippen LogP contribution in [-0.4, -0.2) is 41.9 Å². The van der Waals surface area contributed by atoms with Gasteiger partial charge >= 0.3 is 0 Å². The van der Waals surface area contributed by atoms with Crippen molar-refractivity contribution in [1.29, 1.82) is 0 Å². The minimum absolute atomic E-state index is 0.0603. The molecule has 3 aromatic rings. The molecule has 0 radical (unpaired) electrons. The lowest BCUT2D eigenvalue weighted by atomic mass is 10.0. The van der Waals surface area contributed by atoms with Crippen LogP contribution < -0.4 is 0 Å². The Bertz CT molecular complexity index is 932. The Kier molecular flexibility index (Phi) is 5.49. The van der Waals surface area contributed by atoms with Gasteiger partial charge in [0, 0.05) is 43.9 Å². The average Bonchev–Trinajstić information content (AvgIpc) is 2.76. The van der Waals surface area contributed by atoms with E-state index in [0.717, 1.165) is 24.2 Å². The maximum Gasteiger partial charge on any atom is 0.253 e. The van der Waals surface area contributed by atoms with Crippen molar-refractivity contribution in [1.82, 2.24) is 9.80 Å². The zero-order chi connectivity index (χ0) is 19.3. The largest absolute Gasteiger partial charge is 0.336 e. The van der Waals surface area contributed by atoms with Gasteiger partial charge in [-0.2, -0.15) is 0 Å². The third-order valence-corrected chi connectivity index (χ3v) is 5.25. The summed E-state index contributed by atoms with van der Waals surface area (Å²) in [4.78, 5) is 16.9. The molecule has 3 nitrogen and oxygen atoms in total. The van der Waals surface area contributed by atoms with Crippen LogP contribution >= 0.6 is 0 Å². The van der Waals surface area contributed by atoms with Gasteiger partial charge in [0.15, 0.2) is 0 Å². The first kappa shape index (κ1) is 18.4. The van der Waals surface area contributed by atoms with Crippen molar-refractivity contribution in [2.45, 2.75) is 6.54 Å². The fourth-order valence-corrected chi connectivity index (χ4v) is 3.60. The molecule has 4 rings (SSSR count). The second-order valence-corrected chi connectivity index (χ2v) is 7.10. The molecule has 0 aromatic heterocycles. The summed E-state index contributed by atoms with van der Waals surface area (Å²) in [5.74, 6) is -0.107. The van der Waals surface area contributed by atoms with Crippen molar-refractivity contribution in [2.24, 2.45) is 0 Å². The number of benzene rings is 3. The molecule has 1 heterocycles. The summed E-state index contributed by atoms with van der Waals surface area (Å²) in [5.41, 5.74) is 3.66. The smallest absolute Gasteiger partial charge is 0.253 e. The zero-order valence-electron chi connectivity index (χ0n) is 15.7. The molecule has 1 saturated heterocycles. The van der Waals surface area contributed by atoms with Gasteiger partial charge < -0.3 is 4.90 Å². The van der Waals surface area contributed by atoms with E-state index in [-0.39, 0.29) is 11.7 Å². The Morgan fingerprint density at radius 1 is 0.750 bits per heavy atom. The topological polar surface area (TPSA) is 23.6 Å². The maximum absolute atomic E-state index is 13.8. The summed E-state index contributed by atoms with van der Waals surface area (Å²) >= 11 is 0. The molecule has 0 unspecified atom stereocenters. The van der Waals surface area contributed by atoms with Gasteiger partial charge in [0.1, 0.15) is 5.82 Å². The summed E-state index contributed by atoms with van der Waals surface area (Å²) in [6.45, 7) is 3.41. The highest BCUT2D eigenvalue weighted by Gasteiger charge is 2.22. The number of halogens is 1. The van der Waals surface area contributed by atoms with Crippen LogP contribution in [0.2, 0.25) is 0 Å². The summed E-state index contributed by atoms with van der Waals surface area (Å²) in [7, 11) is 0. The van der Waals surface area contributed by atoms with Crippen LogP contribution in [0.5, 0.6) is 0 Å². The van der Waals surface area contributed by atoms with E-state index >= 15 is 0 Å². The first-order valence-electron chi connectivity index (χ1n) is 9.61.